The minimum Gasteiger partial charge on any atom is -0.478 e. The highest BCUT2D eigenvalue weighted by Crippen LogP contribution is 2.28. The smallest absolute Gasteiger partial charge is 0.335 e. The van der Waals surface area contributed by atoms with E-state index in [0.717, 1.165) is 4.90 Å². The summed E-state index contributed by atoms with van der Waals surface area (Å²) >= 11 is 1.48. The van der Waals surface area contributed by atoms with Crippen molar-refractivity contribution in [1.29, 1.82) is 0 Å². The summed E-state index contributed by atoms with van der Waals surface area (Å²) in [5, 5.41) is 11.7. The van der Waals surface area contributed by atoms with Gasteiger partial charge in [0, 0.05) is 10.6 Å². The van der Waals surface area contributed by atoms with Gasteiger partial charge in [-0.25, -0.2) is 4.79 Å². The van der Waals surface area contributed by atoms with Gasteiger partial charge in [-0.05, 0) is 35.7 Å². The van der Waals surface area contributed by atoms with Crippen molar-refractivity contribution in [2.24, 2.45) is 0 Å². The molecule has 0 aliphatic heterocycles. The molecule has 4 nitrogen and oxygen atoms in total. The number of hydrogen-bond donors (Lipinski definition) is 2. The molecule has 2 aromatic carbocycles. The van der Waals surface area contributed by atoms with Gasteiger partial charge in [0.25, 0.3) is 0 Å². The van der Waals surface area contributed by atoms with Crippen LogP contribution >= 0.6 is 11.8 Å². The van der Waals surface area contributed by atoms with Crippen LogP contribution in [0, 0.1) is 0 Å². The number of carboxylic acids is 1. The summed E-state index contributed by atoms with van der Waals surface area (Å²) in [5.74, 6) is -0.493. The first-order valence-electron chi connectivity index (χ1n) is 7.32. The van der Waals surface area contributed by atoms with Gasteiger partial charge < -0.3 is 10.4 Å². The summed E-state index contributed by atoms with van der Waals surface area (Å²) in [6.45, 7) is 4.24. The highest BCUT2D eigenvalue weighted by atomic mass is 32.2. The summed E-state index contributed by atoms with van der Waals surface area (Å²) < 4.78 is 0. The van der Waals surface area contributed by atoms with E-state index in [1.54, 1.807) is 12.1 Å². The van der Waals surface area contributed by atoms with E-state index in [4.69, 9.17) is 5.11 Å². The predicted molar refractivity (Wildman–Crippen MR) is 93.3 cm³/mol. The molecule has 23 heavy (non-hydrogen) atoms. The number of anilines is 1. The summed E-state index contributed by atoms with van der Waals surface area (Å²) in [6.07, 6.45) is 0. The van der Waals surface area contributed by atoms with E-state index in [2.05, 4.69) is 25.2 Å². The number of nitrogens with one attached hydrogen (secondary N) is 1. The van der Waals surface area contributed by atoms with Crippen LogP contribution in [0.5, 0.6) is 0 Å². The molecule has 5 heteroatoms. The van der Waals surface area contributed by atoms with Gasteiger partial charge in [0.2, 0.25) is 5.91 Å². The third-order valence-corrected chi connectivity index (χ3v) is 4.38. The maximum absolute atomic E-state index is 12.1. The SMILES string of the molecule is CC(C)c1ccccc1SCC(=O)Nc1cccc(C(=O)O)c1. The van der Waals surface area contributed by atoms with Crippen LogP contribution in [-0.2, 0) is 4.79 Å². The first-order chi connectivity index (χ1) is 11.0. The lowest BCUT2D eigenvalue weighted by atomic mass is 10.0. The number of amides is 1. The molecule has 120 valence electrons. The van der Waals surface area contributed by atoms with Crippen LogP contribution in [0.1, 0.15) is 35.7 Å². The van der Waals surface area contributed by atoms with Gasteiger partial charge in [0.15, 0.2) is 0 Å². The Kier molecular flexibility index (Phi) is 5.82. The summed E-state index contributed by atoms with van der Waals surface area (Å²) in [4.78, 5) is 24.1. The van der Waals surface area contributed by atoms with Crippen LogP contribution in [0.3, 0.4) is 0 Å². The standard InChI is InChI=1S/C18H19NO3S/c1-12(2)15-8-3-4-9-16(15)23-11-17(20)19-14-7-5-6-13(10-14)18(21)22/h3-10,12H,11H2,1-2H3,(H,19,20)(H,21,22). The average Bonchev–Trinajstić information content (AvgIpc) is 2.53. The van der Waals surface area contributed by atoms with Crippen LogP contribution < -0.4 is 5.32 Å². The highest BCUT2D eigenvalue weighted by molar-refractivity contribution is 8.00. The zero-order chi connectivity index (χ0) is 16.8. The Labute approximate surface area is 139 Å². The van der Waals surface area contributed by atoms with Crippen molar-refractivity contribution in [2.75, 3.05) is 11.1 Å². The van der Waals surface area contributed by atoms with Crippen molar-refractivity contribution in [3.05, 3.63) is 59.7 Å². The van der Waals surface area contributed by atoms with E-state index in [-0.39, 0.29) is 17.2 Å². The van der Waals surface area contributed by atoms with Gasteiger partial charge in [-0.15, -0.1) is 11.8 Å². The number of rotatable bonds is 6. The molecule has 0 fully saturated rings. The molecule has 0 heterocycles. The minimum absolute atomic E-state index is 0.153. The molecule has 2 aromatic rings. The molecule has 2 rings (SSSR count). The Bertz CT molecular complexity index is 713. The fourth-order valence-corrected chi connectivity index (χ4v) is 3.16. The topological polar surface area (TPSA) is 66.4 Å². The van der Waals surface area contributed by atoms with Gasteiger partial charge in [0.05, 0.1) is 11.3 Å². The van der Waals surface area contributed by atoms with Crippen molar-refractivity contribution < 1.29 is 14.7 Å². The van der Waals surface area contributed by atoms with E-state index < -0.39 is 5.97 Å². The first kappa shape index (κ1) is 17.1. The number of benzene rings is 2. The monoisotopic (exact) mass is 329 g/mol. The van der Waals surface area contributed by atoms with Crippen molar-refractivity contribution in [3.8, 4) is 0 Å². The number of carboxylic acid groups (broad SMARTS) is 1. The molecule has 2 N–H and O–H groups in total. The van der Waals surface area contributed by atoms with Crippen molar-refractivity contribution >= 4 is 29.3 Å². The second-order valence-corrected chi connectivity index (χ2v) is 6.43. The summed E-state index contributed by atoms with van der Waals surface area (Å²) in [6, 6.07) is 14.3. The fraction of sp³-hybridized carbons (Fsp3) is 0.222. The first-order valence-corrected chi connectivity index (χ1v) is 8.31. The normalized spacial score (nSPS) is 10.6. The largest absolute Gasteiger partial charge is 0.478 e. The molecular formula is C18H19NO3S. The minimum atomic E-state index is -1.01. The van der Waals surface area contributed by atoms with Gasteiger partial charge in [-0.3, -0.25) is 4.79 Å². The van der Waals surface area contributed by atoms with Gasteiger partial charge in [-0.1, -0.05) is 38.1 Å². The number of carbonyl (C=O) groups excluding carboxylic acids is 1. The van der Waals surface area contributed by atoms with Crippen LogP contribution in [0.25, 0.3) is 0 Å². The van der Waals surface area contributed by atoms with E-state index >= 15 is 0 Å². The van der Waals surface area contributed by atoms with Crippen molar-refractivity contribution in [1.82, 2.24) is 0 Å². The van der Waals surface area contributed by atoms with E-state index in [0.29, 0.717) is 11.6 Å². The summed E-state index contributed by atoms with van der Waals surface area (Å²) in [7, 11) is 0. The Morgan fingerprint density at radius 1 is 1.13 bits per heavy atom. The molecule has 0 saturated heterocycles. The fourth-order valence-electron chi connectivity index (χ4n) is 2.16. The molecule has 0 aliphatic carbocycles. The van der Waals surface area contributed by atoms with Crippen LogP contribution in [0.15, 0.2) is 53.4 Å². The van der Waals surface area contributed by atoms with Gasteiger partial charge >= 0.3 is 5.97 Å². The van der Waals surface area contributed by atoms with E-state index in [9.17, 15) is 9.59 Å². The molecule has 0 aliphatic rings. The Hall–Kier alpha value is -2.27. The molecular weight excluding hydrogens is 310 g/mol. The van der Waals surface area contributed by atoms with Gasteiger partial charge in [0.1, 0.15) is 0 Å². The number of hydrogen-bond acceptors (Lipinski definition) is 3. The van der Waals surface area contributed by atoms with Crippen LogP contribution in [0.4, 0.5) is 5.69 Å². The molecule has 0 aromatic heterocycles. The van der Waals surface area contributed by atoms with Crippen molar-refractivity contribution in [3.63, 3.8) is 0 Å². The molecule has 0 saturated carbocycles. The number of thioether (sulfide) groups is 1. The maximum atomic E-state index is 12.1. The third-order valence-electron chi connectivity index (χ3n) is 3.29. The average molecular weight is 329 g/mol. The molecule has 0 unspecified atom stereocenters. The number of aromatic carboxylic acids is 1. The van der Waals surface area contributed by atoms with Crippen LogP contribution in [-0.4, -0.2) is 22.7 Å². The second-order valence-electron chi connectivity index (χ2n) is 5.42. The molecule has 0 atom stereocenters. The number of carbonyl (C=O) groups is 2. The maximum Gasteiger partial charge on any atom is 0.335 e. The van der Waals surface area contributed by atoms with Crippen molar-refractivity contribution in [2.45, 2.75) is 24.7 Å². The lowest BCUT2D eigenvalue weighted by Crippen LogP contribution is -2.14. The highest BCUT2D eigenvalue weighted by Gasteiger charge is 2.10. The van der Waals surface area contributed by atoms with E-state index in [1.165, 1.54) is 29.5 Å². The molecule has 0 radical (unpaired) electrons. The predicted octanol–water partition coefficient (Wildman–Crippen LogP) is 4.24. The summed E-state index contributed by atoms with van der Waals surface area (Å²) in [5.41, 5.74) is 1.87. The molecule has 0 spiro atoms. The quantitative estimate of drug-likeness (QED) is 0.778. The van der Waals surface area contributed by atoms with E-state index in [1.807, 2.05) is 18.2 Å². The molecule has 1 amide bonds. The second kappa shape index (κ2) is 7.83. The lowest BCUT2D eigenvalue weighted by Gasteiger charge is -2.12. The Morgan fingerprint density at radius 2 is 1.87 bits per heavy atom. The molecule has 0 bridgehead atoms. The zero-order valence-corrected chi connectivity index (χ0v) is 13.9. The third kappa shape index (κ3) is 4.86. The zero-order valence-electron chi connectivity index (χ0n) is 13.1. The Balaban J connectivity index is 1.98. The lowest BCUT2D eigenvalue weighted by molar-refractivity contribution is -0.113. The Morgan fingerprint density at radius 3 is 2.57 bits per heavy atom. The van der Waals surface area contributed by atoms with Gasteiger partial charge in [-0.2, -0.15) is 0 Å². The van der Waals surface area contributed by atoms with Crippen LogP contribution in [0.2, 0.25) is 0 Å².